The van der Waals surface area contributed by atoms with Gasteiger partial charge in [0.1, 0.15) is 36.3 Å². The molecule has 0 unspecified atom stereocenters. The molecule has 7 atom stereocenters. The van der Waals surface area contributed by atoms with Gasteiger partial charge in [-0.15, -0.1) is 0 Å². The molecule has 0 aromatic heterocycles. The number of hydrogen-bond acceptors (Lipinski definition) is 12. The molecule has 18 nitrogen and oxygen atoms in total. The van der Waals surface area contributed by atoms with E-state index in [0.717, 1.165) is 29.7 Å². The highest BCUT2D eigenvalue weighted by atomic mass is 32.2. The third kappa shape index (κ3) is 18.3. The number of carboxylic acids is 1. The molecular weight excluding hydrogens is 951 g/mol. The number of Topliss-reactive ketones (excluding diaryl/α,β-unsaturated/α-hetero) is 1. The highest BCUT2D eigenvalue weighted by molar-refractivity contribution is 7.98. The molecule has 2 saturated heterocycles. The number of aliphatic hydroxyl groups excluding tert-OH is 1. The number of hydrogen-bond donors (Lipinski definition) is 7. The van der Waals surface area contributed by atoms with Gasteiger partial charge in [-0.2, -0.15) is 23.5 Å². The molecule has 2 fully saturated rings. The van der Waals surface area contributed by atoms with Gasteiger partial charge in [-0.1, -0.05) is 87.7 Å². The molecule has 4 rings (SSSR count). The van der Waals surface area contributed by atoms with Gasteiger partial charge < -0.3 is 46.6 Å². The van der Waals surface area contributed by atoms with Crippen LogP contribution in [0.3, 0.4) is 0 Å². The Labute approximate surface area is 425 Å². The standard InChI is InChI=1S/C51H73N7O11S2/c1-7-8-10-19-43(61)53-39(30-71-29-36-23-32(4)22-35(24-36)28-70-6)50(68)58-21-14-18-41(58)51(69)57-20-13-17-40(57)48(66)56-45(33(5)59)49(67)55-38(26-44(62)63)47(65)54-37(25-34-15-11-9-12-16-34)46(64)52-27-42(60)31(2)3/h9,11-12,15-16,22-24,31,33,37-41,45,59H,7-8,10,13-14,17-21,25-30H2,1-6H3,(H,52,64)(H,53,61)(H,54,65)(H,55,67)(H,56,66)(H,62,63)/t33-,37+,38-,39+,40+,41+,45+/m1/s1. The highest BCUT2D eigenvalue weighted by Gasteiger charge is 2.44. The van der Waals surface area contributed by atoms with E-state index < -0.39 is 84.3 Å². The van der Waals surface area contributed by atoms with Crippen LogP contribution in [0.2, 0.25) is 0 Å². The van der Waals surface area contributed by atoms with Crippen molar-refractivity contribution in [1.29, 1.82) is 0 Å². The second-order valence-electron chi connectivity index (χ2n) is 18.7. The van der Waals surface area contributed by atoms with Gasteiger partial charge in [0.15, 0.2) is 5.78 Å². The van der Waals surface area contributed by atoms with Crippen LogP contribution in [0, 0.1) is 12.8 Å². The number of likely N-dealkylation sites (tertiary alicyclic amines) is 2. The second kappa shape index (κ2) is 29.1. The van der Waals surface area contributed by atoms with Gasteiger partial charge >= 0.3 is 5.97 Å². The minimum atomic E-state index is -1.78. The summed E-state index contributed by atoms with van der Waals surface area (Å²) in [6.07, 6.45) is 3.72. The first-order chi connectivity index (χ1) is 33.8. The molecule has 390 valence electrons. The number of amides is 7. The topological polar surface area (TPSA) is 261 Å². The predicted octanol–water partition coefficient (Wildman–Crippen LogP) is 3.03. The van der Waals surface area contributed by atoms with E-state index >= 15 is 0 Å². The van der Waals surface area contributed by atoms with Crippen molar-refractivity contribution in [1.82, 2.24) is 36.4 Å². The van der Waals surface area contributed by atoms with Crippen LogP contribution in [0.1, 0.15) is 108 Å². The van der Waals surface area contributed by atoms with E-state index in [9.17, 15) is 53.4 Å². The Kier molecular flexibility index (Phi) is 23.9. The number of aryl methyl sites for hydroxylation is 1. The fourth-order valence-corrected chi connectivity index (χ4v) is 10.1. The number of nitrogens with zero attached hydrogens (tertiary/aromatic N) is 2. The first-order valence-corrected chi connectivity index (χ1v) is 27.1. The van der Waals surface area contributed by atoms with Gasteiger partial charge in [0.25, 0.3) is 0 Å². The average Bonchev–Trinajstić information content (AvgIpc) is 4.03. The smallest absolute Gasteiger partial charge is 0.305 e. The van der Waals surface area contributed by atoms with Crippen LogP contribution in [-0.4, -0.2) is 147 Å². The minimum absolute atomic E-state index is 0.0407. The Morgan fingerprint density at radius 2 is 1.39 bits per heavy atom. The molecule has 0 spiro atoms. The molecule has 0 radical (unpaired) electrons. The third-order valence-corrected chi connectivity index (χ3v) is 14.2. The Morgan fingerprint density at radius 3 is 2.03 bits per heavy atom. The SMILES string of the molecule is CCCCCC(=O)N[C@@H](CSCc1cc(C)cc(CSC)c1)C(=O)N1CCC[C@H]1C(=O)N1CCC[C@H]1C(=O)N[C@H](C(=O)N[C@H](CC(=O)O)C(=O)N[C@@H](Cc1ccccc1)C(=O)NCC(=O)C(C)C)[C@@H](C)O. The van der Waals surface area contributed by atoms with E-state index in [0.29, 0.717) is 37.0 Å². The predicted molar refractivity (Wildman–Crippen MR) is 273 cm³/mol. The van der Waals surface area contributed by atoms with E-state index in [1.165, 1.54) is 34.0 Å². The van der Waals surface area contributed by atoms with Crippen molar-refractivity contribution in [3.05, 3.63) is 70.8 Å². The first kappa shape index (κ1) is 58.1. The molecule has 20 heteroatoms. The Morgan fingerprint density at radius 1 is 0.746 bits per heavy atom. The number of ketones is 1. The van der Waals surface area contributed by atoms with Gasteiger partial charge in [0.2, 0.25) is 41.4 Å². The average molecular weight is 1020 g/mol. The maximum Gasteiger partial charge on any atom is 0.305 e. The van der Waals surface area contributed by atoms with Crippen molar-refractivity contribution in [2.24, 2.45) is 5.92 Å². The number of nitrogens with one attached hydrogen (secondary N) is 5. The third-order valence-electron chi connectivity index (χ3n) is 12.4. The highest BCUT2D eigenvalue weighted by Crippen LogP contribution is 2.27. The quantitative estimate of drug-likeness (QED) is 0.0606. The molecule has 0 saturated carbocycles. The maximum atomic E-state index is 14.4. The molecule has 0 aliphatic carbocycles. The fourth-order valence-electron chi connectivity index (χ4n) is 8.67. The molecule has 2 aliphatic rings. The molecular formula is C51H73N7O11S2. The lowest BCUT2D eigenvalue weighted by Gasteiger charge is -2.33. The lowest BCUT2D eigenvalue weighted by molar-refractivity contribution is -0.148. The largest absolute Gasteiger partial charge is 0.481 e. The number of carboxylic acid groups (broad SMARTS) is 1. The lowest BCUT2D eigenvalue weighted by Crippen LogP contribution is -2.61. The van der Waals surface area contributed by atoms with Crippen LogP contribution in [0.25, 0.3) is 0 Å². The summed E-state index contributed by atoms with van der Waals surface area (Å²) in [5, 5.41) is 33.3. The van der Waals surface area contributed by atoms with Crippen molar-refractivity contribution in [2.75, 3.05) is 31.6 Å². The number of thioether (sulfide) groups is 2. The molecule has 2 heterocycles. The van der Waals surface area contributed by atoms with Crippen molar-refractivity contribution >= 4 is 76.6 Å². The van der Waals surface area contributed by atoms with E-state index in [4.69, 9.17) is 0 Å². The molecule has 7 N–H and O–H groups in total. The van der Waals surface area contributed by atoms with Crippen LogP contribution in [0.5, 0.6) is 0 Å². The Balaban J connectivity index is 1.47. The Hall–Kier alpha value is -5.47. The van der Waals surface area contributed by atoms with Gasteiger partial charge in [0.05, 0.1) is 19.1 Å². The van der Waals surface area contributed by atoms with E-state index in [2.05, 4.69) is 44.8 Å². The van der Waals surface area contributed by atoms with Crippen LogP contribution < -0.4 is 26.6 Å². The maximum absolute atomic E-state index is 14.4. The van der Waals surface area contributed by atoms with Crippen molar-refractivity contribution in [2.45, 2.75) is 153 Å². The zero-order chi connectivity index (χ0) is 52.2. The van der Waals surface area contributed by atoms with Crippen LogP contribution in [0.4, 0.5) is 0 Å². The summed E-state index contributed by atoms with van der Waals surface area (Å²) in [5.74, 6) is -5.09. The van der Waals surface area contributed by atoms with Crippen molar-refractivity contribution < 1.29 is 53.4 Å². The summed E-state index contributed by atoms with van der Waals surface area (Å²) in [6, 6.07) is 7.34. The summed E-state index contributed by atoms with van der Waals surface area (Å²) < 4.78 is 0. The summed E-state index contributed by atoms with van der Waals surface area (Å²) in [6.45, 7) is 8.78. The Bertz CT molecular complexity index is 2180. The van der Waals surface area contributed by atoms with E-state index in [1.54, 1.807) is 55.9 Å². The van der Waals surface area contributed by atoms with Crippen LogP contribution >= 0.6 is 23.5 Å². The van der Waals surface area contributed by atoms with E-state index in [1.807, 2.05) is 20.1 Å². The summed E-state index contributed by atoms with van der Waals surface area (Å²) >= 11 is 3.25. The van der Waals surface area contributed by atoms with E-state index in [-0.39, 0.29) is 68.2 Å². The van der Waals surface area contributed by atoms with Crippen LogP contribution in [0.15, 0.2) is 48.5 Å². The molecule has 71 heavy (non-hydrogen) atoms. The zero-order valence-electron chi connectivity index (χ0n) is 41.8. The number of benzene rings is 2. The molecule has 7 amide bonds. The number of unbranched alkanes of at least 4 members (excludes halogenated alkanes) is 2. The number of rotatable bonds is 28. The summed E-state index contributed by atoms with van der Waals surface area (Å²) in [5.41, 5.74) is 4.09. The summed E-state index contributed by atoms with van der Waals surface area (Å²) in [4.78, 5) is 124. The molecule has 2 aromatic rings. The van der Waals surface area contributed by atoms with Crippen molar-refractivity contribution in [3.8, 4) is 0 Å². The number of carbonyl (C=O) groups is 9. The molecule has 2 aromatic carbocycles. The first-order valence-electron chi connectivity index (χ1n) is 24.5. The van der Waals surface area contributed by atoms with Crippen molar-refractivity contribution in [3.63, 3.8) is 0 Å². The number of aliphatic hydroxyl groups is 1. The van der Waals surface area contributed by atoms with Gasteiger partial charge in [-0.05, 0) is 68.9 Å². The lowest BCUT2D eigenvalue weighted by atomic mass is 10.0. The zero-order valence-corrected chi connectivity index (χ0v) is 43.5. The van der Waals surface area contributed by atoms with Gasteiger partial charge in [0, 0.05) is 49.1 Å². The fraction of sp³-hybridized carbons (Fsp3) is 0.588. The van der Waals surface area contributed by atoms with Crippen LogP contribution in [-0.2, 0) is 61.1 Å². The minimum Gasteiger partial charge on any atom is -0.481 e. The normalized spacial score (nSPS) is 17.6. The monoisotopic (exact) mass is 1020 g/mol. The van der Waals surface area contributed by atoms with Gasteiger partial charge in [-0.25, -0.2) is 0 Å². The van der Waals surface area contributed by atoms with Gasteiger partial charge in [-0.3, -0.25) is 43.2 Å². The molecule has 0 bridgehead atoms. The molecule has 2 aliphatic heterocycles. The number of carbonyl (C=O) groups excluding carboxylic acids is 8. The number of aliphatic carboxylic acids is 1. The second-order valence-corrected chi connectivity index (χ2v) is 20.6. The summed E-state index contributed by atoms with van der Waals surface area (Å²) in [7, 11) is 0.